The van der Waals surface area contributed by atoms with Gasteiger partial charge in [0, 0.05) is 6.61 Å². The number of hydrogen-bond acceptors (Lipinski definition) is 4. The maximum absolute atomic E-state index is 11.8. The van der Waals surface area contributed by atoms with Crippen LogP contribution in [0.5, 0.6) is 0 Å². The molecule has 1 saturated heterocycles. The van der Waals surface area contributed by atoms with Crippen molar-refractivity contribution in [2.75, 3.05) is 19.8 Å². The summed E-state index contributed by atoms with van der Waals surface area (Å²) in [5.74, 6) is 0. The van der Waals surface area contributed by atoms with Crippen molar-refractivity contribution in [1.29, 1.82) is 0 Å². The molecule has 1 heterocycles. The van der Waals surface area contributed by atoms with Gasteiger partial charge in [0.1, 0.15) is 0 Å². The van der Waals surface area contributed by atoms with Gasteiger partial charge in [-0.2, -0.15) is 0 Å². The second-order valence-electron chi connectivity index (χ2n) is 4.54. The quantitative estimate of drug-likeness (QED) is 0.753. The van der Waals surface area contributed by atoms with Crippen LogP contribution in [0.2, 0.25) is 0 Å². The van der Waals surface area contributed by atoms with Gasteiger partial charge >= 0.3 is 0 Å². The highest BCUT2D eigenvalue weighted by atomic mass is 32.2. The highest BCUT2D eigenvalue weighted by Crippen LogP contribution is 2.14. The van der Waals surface area contributed by atoms with Crippen LogP contribution in [-0.2, 0) is 24.7 Å². The number of ether oxygens (including phenoxy) is 2. The average molecular weight is 284 g/mol. The van der Waals surface area contributed by atoms with Crippen LogP contribution in [0, 0.1) is 6.92 Å². The molecule has 0 N–H and O–H groups in total. The third-order valence-corrected chi connectivity index (χ3v) is 3.97. The molecule has 0 radical (unpaired) electrons. The molecule has 2 unspecified atom stereocenters. The van der Waals surface area contributed by atoms with E-state index in [1.54, 1.807) is 0 Å². The predicted octanol–water partition coefficient (Wildman–Crippen LogP) is 2.58. The molecule has 19 heavy (non-hydrogen) atoms. The van der Waals surface area contributed by atoms with Crippen LogP contribution >= 0.6 is 0 Å². The maximum Gasteiger partial charge on any atom is 0.189 e. The average Bonchev–Trinajstić information content (AvgIpc) is 2.45. The zero-order chi connectivity index (χ0) is 13.5. The summed E-state index contributed by atoms with van der Waals surface area (Å²) < 4.78 is 28.0. The van der Waals surface area contributed by atoms with Gasteiger partial charge in [-0.15, -0.1) is 0 Å². The Labute approximate surface area is 116 Å². The molecule has 1 aliphatic heterocycles. The summed E-state index contributed by atoms with van der Waals surface area (Å²) in [5, 5.41) is 0. The molecule has 2 atom stereocenters. The Morgan fingerprint density at radius 3 is 2.74 bits per heavy atom. The molecule has 0 spiro atoms. The standard InChI is InChI=1S/C14H20O4S/c1-12-5-7-13(8-6-12)19(15)18-11-10-17-14-4-2-3-9-16-14/h5-8,14H,2-4,9-11H2,1H3. The van der Waals surface area contributed by atoms with E-state index >= 15 is 0 Å². The minimum atomic E-state index is -1.42. The summed E-state index contributed by atoms with van der Waals surface area (Å²) in [6.07, 6.45) is 3.06. The Bertz CT molecular complexity index is 398. The van der Waals surface area contributed by atoms with Crippen molar-refractivity contribution < 1.29 is 17.9 Å². The molecule has 0 bridgehead atoms. The minimum absolute atomic E-state index is 0.120. The van der Waals surface area contributed by atoms with E-state index in [1.807, 2.05) is 31.2 Å². The lowest BCUT2D eigenvalue weighted by Crippen LogP contribution is -2.24. The zero-order valence-electron chi connectivity index (χ0n) is 11.2. The second kappa shape index (κ2) is 7.75. The van der Waals surface area contributed by atoms with E-state index in [2.05, 4.69) is 0 Å². The topological polar surface area (TPSA) is 44.8 Å². The number of aryl methyl sites for hydroxylation is 1. The summed E-state index contributed by atoms with van der Waals surface area (Å²) in [7, 11) is 0. The van der Waals surface area contributed by atoms with Crippen LogP contribution in [0.3, 0.4) is 0 Å². The number of benzene rings is 1. The van der Waals surface area contributed by atoms with Crippen molar-refractivity contribution in [3.05, 3.63) is 29.8 Å². The van der Waals surface area contributed by atoms with Crippen LogP contribution in [0.25, 0.3) is 0 Å². The lowest BCUT2D eigenvalue weighted by atomic mass is 10.2. The van der Waals surface area contributed by atoms with E-state index in [-0.39, 0.29) is 6.29 Å². The van der Waals surface area contributed by atoms with Crippen LogP contribution in [0.4, 0.5) is 0 Å². The van der Waals surface area contributed by atoms with Crippen LogP contribution in [0.1, 0.15) is 24.8 Å². The van der Waals surface area contributed by atoms with Crippen LogP contribution in [-0.4, -0.2) is 30.3 Å². The lowest BCUT2D eigenvalue weighted by molar-refractivity contribution is -0.165. The summed E-state index contributed by atoms with van der Waals surface area (Å²) in [6, 6.07) is 7.47. The fourth-order valence-corrected chi connectivity index (χ4v) is 2.56. The van der Waals surface area contributed by atoms with Gasteiger partial charge in [-0.1, -0.05) is 17.7 Å². The van der Waals surface area contributed by atoms with Gasteiger partial charge in [0.2, 0.25) is 0 Å². The van der Waals surface area contributed by atoms with Crippen LogP contribution < -0.4 is 0 Å². The first-order valence-corrected chi connectivity index (χ1v) is 7.68. The fourth-order valence-electron chi connectivity index (χ4n) is 1.85. The van der Waals surface area contributed by atoms with Crippen LogP contribution in [0.15, 0.2) is 29.2 Å². The van der Waals surface area contributed by atoms with Crippen molar-refractivity contribution >= 4 is 11.1 Å². The van der Waals surface area contributed by atoms with Crippen molar-refractivity contribution in [1.82, 2.24) is 0 Å². The molecule has 2 rings (SSSR count). The summed E-state index contributed by atoms with van der Waals surface area (Å²) in [4.78, 5) is 0.680. The lowest BCUT2D eigenvalue weighted by Gasteiger charge is -2.22. The van der Waals surface area contributed by atoms with E-state index in [1.165, 1.54) is 0 Å². The smallest absolute Gasteiger partial charge is 0.189 e. The van der Waals surface area contributed by atoms with E-state index in [4.69, 9.17) is 13.7 Å². The molecule has 4 nitrogen and oxygen atoms in total. The third kappa shape index (κ3) is 5.03. The van der Waals surface area contributed by atoms with Gasteiger partial charge < -0.3 is 9.47 Å². The van der Waals surface area contributed by atoms with E-state index < -0.39 is 11.1 Å². The third-order valence-electron chi connectivity index (χ3n) is 2.93. The van der Waals surface area contributed by atoms with Gasteiger partial charge in [-0.3, -0.25) is 4.18 Å². The van der Waals surface area contributed by atoms with Gasteiger partial charge in [0.25, 0.3) is 0 Å². The highest BCUT2D eigenvalue weighted by Gasteiger charge is 2.13. The Balaban J connectivity index is 1.64. The second-order valence-corrected chi connectivity index (χ2v) is 5.71. The molecular weight excluding hydrogens is 264 g/mol. The Hall–Kier alpha value is -0.750. The number of rotatable bonds is 6. The molecule has 1 fully saturated rings. The van der Waals surface area contributed by atoms with E-state index in [0.29, 0.717) is 18.1 Å². The largest absolute Gasteiger partial charge is 0.353 e. The SMILES string of the molecule is Cc1ccc(S(=O)OCCOC2CCCCO2)cc1. The van der Waals surface area contributed by atoms with E-state index in [9.17, 15) is 4.21 Å². The number of hydrogen-bond donors (Lipinski definition) is 0. The van der Waals surface area contributed by atoms with Gasteiger partial charge in [0.05, 0.1) is 18.1 Å². The molecule has 1 aromatic carbocycles. The monoisotopic (exact) mass is 284 g/mol. The molecule has 0 amide bonds. The summed E-state index contributed by atoms with van der Waals surface area (Å²) in [6.45, 7) is 3.47. The first-order chi connectivity index (χ1) is 9.25. The zero-order valence-corrected chi connectivity index (χ0v) is 12.0. The molecule has 0 aromatic heterocycles. The van der Waals surface area contributed by atoms with Crippen molar-refractivity contribution in [3.8, 4) is 0 Å². The summed E-state index contributed by atoms with van der Waals surface area (Å²) >= 11 is -1.42. The minimum Gasteiger partial charge on any atom is -0.353 e. The fraction of sp³-hybridized carbons (Fsp3) is 0.571. The van der Waals surface area contributed by atoms with Crippen molar-refractivity contribution in [3.63, 3.8) is 0 Å². The molecule has 0 saturated carbocycles. The normalized spacial score (nSPS) is 21.2. The van der Waals surface area contributed by atoms with Gasteiger partial charge in [-0.25, -0.2) is 4.21 Å². The summed E-state index contributed by atoms with van der Waals surface area (Å²) in [5.41, 5.74) is 1.14. The Morgan fingerprint density at radius 1 is 1.26 bits per heavy atom. The van der Waals surface area contributed by atoms with Gasteiger partial charge in [0.15, 0.2) is 17.4 Å². The first kappa shape index (κ1) is 14.7. The molecular formula is C14H20O4S. The van der Waals surface area contributed by atoms with E-state index in [0.717, 1.165) is 31.4 Å². The Morgan fingerprint density at radius 2 is 2.05 bits per heavy atom. The molecule has 5 heteroatoms. The van der Waals surface area contributed by atoms with Crippen molar-refractivity contribution in [2.45, 2.75) is 37.4 Å². The Kier molecular flexibility index (Phi) is 5.97. The van der Waals surface area contributed by atoms with Gasteiger partial charge in [-0.05, 0) is 38.3 Å². The highest BCUT2D eigenvalue weighted by molar-refractivity contribution is 7.80. The molecule has 1 aromatic rings. The predicted molar refractivity (Wildman–Crippen MR) is 73.1 cm³/mol. The first-order valence-electron chi connectivity index (χ1n) is 6.60. The molecule has 1 aliphatic rings. The molecule has 106 valence electrons. The maximum atomic E-state index is 11.8. The molecule has 0 aliphatic carbocycles. The van der Waals surface area contributed by atoms with Crippen molar-refractivity contribution in [2.24, 2.45) is 0 Å².